The molecule has 0 fully saturated rings. The van der Waals surface area contributed by atoms with Gasteiger partial charge in [0, 0.05) is 0 Å². The molecule has 0 amide bonds. The van der Waals surface area contributed by atoms with Crippen molar-refractivity contribution in [3.05, 3.63) is 5.76 Å². The lowest BCUT2D eigenvalue weighted by atomic mass is 10.1. The van der Waals surface area contributed by atoms with Gasteiger partial charge in [-0.3, -0.25) is 4.79 Å². The monoisotopic (exact) mass is 144 g/mol. The molecule has 0 aliphatic carbocycles. The van der Waals surface area contributed by atoms with Gasteiger partial charge in [-0.05, 0) is 6.92 Å². The fourth-order valence-electron chi connectivity index (χ4n) is 0.419. The first kappa shape index (κ1) is 8.72. The van der Waals surface area contributed by atoms with E-state index >= 15 is 0 Å². The summed E-state index contributed by atoms with van der Waals surface area (Å²) < 4.78 is 4.43. The molecule has 0 rings (SSSR count). The Morgan fingerprint density at radius 1 is 1.70 bits per heavy atom. The minimum atomic E-state index is -1.10. The summed E-state index contributed by atoms with van der Waals surface area (Å²) in [5.74, 6) is -0.802. The van der Waals surface area contributed by atoms with Gasteiger partial charge in [-0.25, -0.2) is 4.79 Å². The van der Waals surface area contributed by atoms with Crippen molar-refractivity contribution < 1.29 is 19.4 Å². The smallest absolute Gasteiger partial charge is 0.314 e. The van der Waals surface area contributed by atoms with Crippen molar-refractivity contribution in [1.29, 1.82) is 0 Å². The van der Waals surface area contributed by atoms with Crippen LogP contribution in [0.15, 0.2) is 5.76 Å². The Labute approximate surface area is 58.1 Å². The van der Waals surface area contributed by atoms with Crippen LogP contribution in [-0.4, -0.2) is 24.1 Å². The molecule has 1 unspecified atom stereocenters. The number of rotatable bonds is 3. The molecule has 0 aliphatic heterocycles. The van der Waals surface area contributed by atoms with Crippen molar-refractivity contribution in [1.82, 2.24) is 0 Å². The molecule has 0 heterocycles. The van der Waals surface area contributed by atoms with Crippen molar-refractivity contribution in [3.63, 3.8) is 0 Å². The summed E-state index contributed by atoms with van der Waals surface area (Å²) in [5.41, 5.74) is 0. The molecule has 4 heteroatoms. The number of ether oxygens (including phenoxy) is 1. The molecule has 0 saturated heterocycles. The van der Waals surface area contributed by atoms with Crippen LogP contribution in [0.3, 0.4) is 0 Å². The van der Waals surface area contributed by atoms with Gasteiger partial charge in [-0.15, -0.1) is 0 Å². The van der Waals surface area contributed by atoms with E-state index in [1.54, 1.807) is 0 Å². The van der Waals surface area contributed by atoms with Crippen molar-refractivity contribution in [2.24, 2.45) is 5.92 Å². The molecule has 4 nitrogen and oxygen atoms in total. The van der Waals surface area contributed by atoms with Crippen LogP contribution in [0.1, 0.15) is 6.92 Å². The summed E-state index contributed by atoms with van der Waals surface area (Å²) in [7, 11) is 1.24. The normalized spacial score (nSPS) is 11.4. The molecule has 0 aromatic heterocycles. The first-order valence-corrected chi connectivity index (χ1v) is 2.65. The Kier molecular flexibility index (Phi) is 3.22. The number of aliphatic carboxylic acids is 1. The largest absolute Gasteiger partial charge is 0.489 e. The lowest BCUT2D eigenvalue weighted by Gasteiger charge is -2.04. The van der Waals surface area contributed by atoms with E-state index in [0.29, 0.717) is 0 Å². The highest BCUT2D eigenvalue weighted by atomic mass is 16.5. The SMILES string of the molecule is COC(=C=O)C(C)C(=O)O. The molecule has 0 bridgehead atoms. The van der Waals surface area contributed by atoms with E-state index in [9.17, 15) is 9.59 Å². The van der Waals surface area contributed by atoms with Crippen LogP contribution in [0.5, 0.6) is 0 Å². The van der Waals surface area contributed by atoms with Crippen LogP contribution >= 0.6 is 0 Å². The number of carboxylic acids is 1. The van der Waals surface area contributed by atoms with Gasteiger partial charge in [0.15, 0.2) is 11.7 Å². The third kappa shape index (κ3) is 1.91. The van der Waals surface area contributed by atoms with E-state index in [4.69, 9.17) is 5.11 Å². The lowest BCUT2D eigenvalue weighted by Crippen LogP contribution is -2.13. The van der Waals surface area contributed by atoms with Gasteiger partial charge >= 0.3 is 5.97 Å². The average Bonchev–Trinajstić information content (AvgIpc) is 1.90. The second-order valence-electron chi connectivity index (χ2n) is 1.73. The minimum Gasteiger partial charge on any atom is -0.489 e. The fraction of sp³-hybridized carbons (Fsp3) is 0.500. The third-order valence-electron chi connectivity index (χ3n) is 1.08. The molecule has 0 radical (unpaired) electrons. The number of methoxy groups -OCH3 is 1. The number of hydrogen-bond donors (Lipinski definition) is 1. The third-order valence-corrected chi connectivity index (χ3v) is 1.08. The van der Waals surface area contributed by atoms with Crippen LogP contribution in [0.2, 0.25) is 0 Å². The lowest BCUT2D eigenvalue weighted by molar-refractivity contribution is -0.140. The van der Waals surface area contributed by atoms with E-state index in [0.717, 1.165) is 0 Å². The van der Waals surface area contributed by atoms with Crippen molar-refractivity contribution >= 4 is 11.9 Å². The number of hydrogen-bond acceptors (Lipinski definition) is 3. The predicted octanol–water partition coefficient (Wildman–Crippen LogP) is 0.0690. The first-order valence-electron chi connectivity index (χ1n) is 2.65. The summed E-state index contributed by atoms with van der Waals surface area (Å²) in [6, 6.07) is 0. The molecule has 0 saturated carbocycles. The number of carboxylic acid groups (broad SMARTS) is 1. The maximum Gasteiger partial charge on any atom is 0.314 e. The zero-order chi connectivity index (χ0) is 8.15. The van der Waals surface area contributed by atoms with Gasteiger partial charge in [0.2, 0.25) is 0 Å². The average molecular weight is 144 g/mol. The molecule has 56 valence electrons. The van der Waals surface area contributed by atoms with Gasteiger partial charge in [0.05, 0.1) is 7.11 Å². The summed E-state index contributed by atoms with van der Waals surface area (Å²) in [6.07, 6.45) is 0. The summed E-state index contributed by atoms with van der Waals surface area (Å²) in [4.78, 5) is 20.1. The summed E-state index contributed by atoms with van der Waals surface area (Å²) in [6.45, 7) is 1.35. The van der Waals surface area contributed by atoms with Gasteiger partial charge in [-0.1, -0.05) is 0 Å². The van der Waals surface area contributed by atoms with Crippen LogP contribution in [0.25, 0.3) is 0 Å². The predicted molar refractivity (Wildman–Crippen MR) is 33.0 cm³/mol. The summed E-state index contributed by atoms with van der Waals surface area (Å²) in [5, 5.41) is 8.33. The molecular weight excluding hydrogens is 136 g/mol. The Hall–Kier alpha value is -1.28. The van der Waals surface area contributed by atoms with Crippen molar-refractivity contribution in [2.75, 3.05) is 7.11 Å². The molecule has 0 aromatic carbocycles. The second-order valence-corrected chi connectivity index (χ2v) is 1.73. The van der Waals surface area contributed by atoms with E-state index in [-0.39, 0.29) is 5.76 Å². The van der Waals surface area contributed by atoms with Crippen LogP contribution in [0.4, 0.5) is 0 Å². The van der Waals surface area contributed by atoms with E-state index in [1.165, 1.54) is 20.0 Å². The van der Waals surface area contributed by atoms with Crippen molar-refractivity contribution in [3.8, 4) is 0 Å². The van der Waals surface area contributed by atoms with E-state index in [2.05, 4.69) is 4.74 Å². The Bertz CT molecular complexity index is 178. The topological polar surface area (TPSA) is 63.6 Å². The number of carbonyl (C=O) groups excluding carboxylic acids is 1. The first-order chi connectivity index (χ1) is 4.63. The molecule has 0 aliphatic rings. The Morgan fingerprint density at radius 2 is 2.20 bits per heavy atom. The Morgan fingerprint density at radius 3 is 2.30 bits per heavy atom. The van der Waals surface area contributed by atoms with Gasteiger partial charge in [0.25, 0.3) is 0 Å². The van der Waals surface area contributed by atoms with Gasteiger partial charge in [-0.2, -0.15) is 0 Å². The van der Waals surface area contributed by atoms with Crippen LogP contribution in [-0.2, 0) is 14.3 Å². The zero-order valence-electron chi connectivity index (χ0n) is 5.75. The van der Waals surface area contributed by atoms with Crippen molar-refractivity contribution in [2.45, 2.75) is 6.92 Å². The molecular formula is C6H8O4. The van der Waals surface area contributed by atoms with Crippen LogP contribution in [0, 0.1) is 5.92 Å². The quantitative estimate of drug-likeness (QED) is 0.449. The van der Waals surface area contributed by atoms with E-state index < -0.39 is 11.9 Å². The number of carbonyl (C=O) groups is 1. The fourth-order valence-corrected chi connectivity index (χ4v) is 0.419. The molecule has 0 aromatic rings. The van der Waals surface area contributed by atoms with Gasteiger partial charge < -0.3 is 9.84 Å². The summed E-state index contributed by atoms with van der Waals surface area (Å²) >= 11 is 0. The minimum absolute atomic E-state index is 0.187. The molecule has 0 spiro atoms. The highest BCUT2D eigenvalue weighted by Gasteiger charge is 2.17. The maximum atomic E-state index is 10.2. The molecule has 1 atom stereocenters. The highest BCUT2D eigenvalue weighted by molar-refractivity contribution is 5.75. The maximum absolute atomic E-state index is 10.2. The zero-order valence-corrected chi connectivity index (χ0v) is 5.75. The highest BCUT2D eigenvalue weighted by Crippen LogP contribution is 2.06. The van der Waals surface area contributed by atoms with Crippen LogP contribution < -0.4 is 0 Å². The molecule has 10 heavy (non-hydrogen) atoms. The standard InChI is InChI=1S/C6H8O4/c1-4(6(8)9)5(3-7)10-2/h4H,1-2H3,(H,8,9). The van der Waals surface area contributed by atoms with Gasteiger partial charge in [0.1, 0.15) is 5.92 Å². The molecule has 1 N–H and O–H groups in total. The Balaban J connectivity index is 4.32. The second kappa shape index (κ2) is 3.69. The van der Waals surface area contributed by atoms with E-state index in [1.807, 2.05) is 0 Å².